The molecule has 9 heteroatoms. The standard InChI is InChI=1S/C13H15BrN2O5S/c1-22(20,21)15-11-2-3-16(7-11)12(17)8-4-9(13(18)19)6-10(14)5-8/h4-6,11,15H,2-3,7H2,1H3,(H,18,19). The van der Waals surface area contributed by atoms with E-state index in [0.29, 0.717) is 17.4 Å². The number of likely N-dealkylation sites (tertiary alicyclic amines) is 1. The highest BCUT2D eigenvalue weighted by Gasteiger charge is 2.29. The highest BCUT2D eigenvalue weighted by molar-refractivity contribution is 9.10. The van der Waals surface area contributed by atoms with Crippen LogP contribution in [0.1, 0.15) is 27.1 Å². The molecule has 2 rings (SSSR count). The van der Waals surface area contributed by atoms with Crippen LogP contribution in [-0.2, 0) is 10.0 Å². The van der Waals surface area contributed by atoms with E-state index in [2.05, 4.69) is 20.7 Å². The van der Waals surface area contributed by atoms with Gasteiger partial charge in [0, 0.05) is 29.2 Å². The van der Waals surface area contributed by atoms with Gasteiger partial charge in [-0.3, -0.25) is 4.79 Å². The molecular weight excluding hydrogens is 376 g/mol. The lowest BCUT2D eigenvalue weighted by Gasteiger charge is -2.17. The molecule has 1 unspecified atom stereocenters. The van der Waals surface area contributed by atoms with Crippen LogP contribution < -0.4 is 4.72 Å². The molecule has 1 heterocycles. The van der Waals surface area contributed by atoms with Gasteiger partial charge in [0.2, 0.25) is 10.0 Å². The van der Waals surface area contributed by atoms with Crippen molar-refractivity contribution in [2.24, 2.45) is 0 Å². The average Bonchev–Trinajstić information content (AvgIpc) is 2.83. The zero-order valence-corrected chi connectivity index (χ0v) is 14.1. The Balaban J connectivity index is 2.14. The maximum Gasteiger partial charge on any atom is 0.335 e. The summed E-state index contributed by atoms with van der Waals surface area (Å²) in [6, 6.07) is 3.96. The predicted octanol–water partition coefficient (Wildman–Crippen LogP) is 0.911. The van der Waals surface area contributed by atoms with Crippen molar-refractivity contribution in [2.75, 3.05) is 19.3 Å². The van der Waals surface area contributed by atoms with Crippen molar-refractivity contribution < 1.29 is 23.1 Å². The van der Waals surface area contributed by atoms with Gasteiger partial charge in [0.25, 0.3) is 5.91 Å². The van der Waals surface area contributed by atoms with Crippen LogP contribution in [0.3, 0.4) is 0 Å². The van der Waals surface area contributed by atoms with Crippen LogP contribution in [0.2, 0.25) is 0 Å². The first-order valence-corrected chi connectivity index (χ1v) is 9.14. The second kappa shape index (κ2) is 6.35. The fraction of sp³-hybridized carbons (Fsp3) is 0.385. The molecule has 1 aromatic rings. The van der Waals surface area contributed by atoms with Crippen LogP contribution in [0.5, 0.6) is 0 Å². The Morgan fingerprint density at radius 2 is 1.95 bits per heavy atom. The molecule has 2 N–H and O–H groups in total. The first-order chi connectivity index (χ1) is 10.2. The zero-order chi connectivity index (χ0) is 16.5. The molecule has 1 aliphatic rings. The molecule has 0 radical (unpaired) electrons. The number of carboxylic acid groups (broad SMARTS) is 1. The number of aromatic carboxylic acids is 1. The quantitative estimate of drug-likeness (QED) is 0.794. The lowest BCUT2D eigenvalue weighted by atomic mass is 10.1. The first kappa shape index (κ1) is 16.9. The third kappa shape index (κ3) is 4.28. The summed E-state index contributed by atoms with van der Waals surface area (Å²) in [6.07, 6.45) is 1.60. The summed E-state index contributed by atoms with van der Waals surface area (Å²) < 4.78 is 25.4. The van der Waals surface area contributed by atoms with E-state index in [-0.39, 0.29) is 29.6 Å². The van der Waals surface area contributed by atoms with Gasteiger partial charge in [-0.25, -0.2) is 17.9 Å². The SMILES string of the molecule is CS(=O)(=O)NC1CCN(C(=O)c2cc(Br)cc(C(=O)O)c2)C1. The highest BCUT2D eigenvalue weighted by Crippen LogP contribution is 2.20. The number of sulfonamides is 1. The Bertz CT molecular complexity index is 719. The van der Waals surface area contributed by atoms with Gasteiger partial charge in [-0.05, 0) is 24.6 Å². The summed E-state index contributed by atoms with van der Waals surface area (Å²) in [6.45, 7) is 0.682. The van der Waals surface area contributed by atoms with Gasteiger partial charge < -0.3 is 10.0 Å². The van der Waals surface area contributed by atoms with E-state index >= 15 is 0 Å². The number of carbonyl (C=O) groups excluding carboxylic acids is 1. The average molecular weight is 391 g/mol. The number of hydrogen-bond donors (Lipinski definition) is 2. The second-order valence-electron chi connectivity index (χ2n) is 5.16. The Labute approximate surface area is 136 Å². The van der Waals surface area contributed by atoms with Crippen LogP contribution in [0.4, 0.5) is 0 Å². The van der Waals surface area contributed by atoms with E-state index in [4.69, 9.17) is 5.11 Å². The minimum Gasteiger partial charge on any atom is -0.478 e. The fourth-order valence-electron chi connectivity index (χ4n) is 2.36. The van der Waals surface area contributed by atoms with Gasteiger partial charge in [0.05, 0.1) is 11.8 Å². The summed E-state index contributed by atoms with van der Waals surface area (Å²) in [7, 11) is -3.32. The lowest BCUT2D eigenvalue weighted by molar-refractivity contribution is 0.0696. The Hall–Kier alpha value is -1.45. The van der Waals surface area contributed by atoms with E-state index in [1.54, 1.807) is 6.07 Å². The number of nitrogens with zero attached hydrogens (tertiary/aromatic N) is 1. The summed E-state index contributed by atoms with van der Waals surface area (Å²) in [4.78, 5) is 25.0. The molecule has 1 saturated heterocycles. The van der Waals surface area contributed by atoms with E-state index < -0.39 is 16.0 Å². The number of rotatable bonds is 4. The lowest BCUT2D eigenvalue weighted by Crippen LogP contribution is -2.37. The zero-order valence-electron chi connectivity index (χ0n) is 11.7. The molecule has 0 spiro atoms. The van der Waals surface area contributed by atoms with E-state index in [1.165, 1.54) is 17.0 Å². The van der Waals surface area contributed by atoms with Crippen LogP contribution in [0.25, 0.3) is 0 Å². The minimum atomic E-state index is -3.32. The molecule has 7 nitrogen and oxygen atoms in total. The highest BCUT2D eigenvalue weighted by atomic mass is 79.9. The Kier molecular flexibility index (Phi) is 4.88. The van der Waals surface area contributed by atoms with Crippen molar-refractivity contribution in [1.82, 2.24) is 9.62 Å². The van der Waals surface area contributed by atoms with Crippen molar-refractivity contribution in [2.45, 2.75) is 12.5 Å². The molecular formula is C13H15BrN2O5S. The van der Waals surface area contributed by atoms with Gasteiger partial charge in [-0.2, -0.15) is 0 Å². The van der Waals surface area contributed by atoms with Crippen molar-refractivity contribution in [3.05, 3.63) is 33.8 Å². The normalized spacial score (nSPS) is 18.5. The van der Waals surface area contributed by atoms with Crippen molar-refractivity contribution in [3.63, 3.8) is 0 Å². The molecule has 1 atom stereocenters. The van der Waals surface area contributed by atoms with E-state index in [1.807, 2.05) is 0 Å². The molecule has 0 bridgehead atoms. The van der Waals surface area contributed by atoms with Crippen LogP contribution in [-0.4, -0.2) is 55.7 Å². The van der Waals surface area contributed by atoms with Crippen LogP contribution in [0, 0.1) is 0 Å². The monoisotopic (exact) mass is 390 g/mol. The fourth-order valence-corrected chi connectivity index (χ4v) is 3.65. The third-order valence-corrected chi connectivity index (χ3v) is 4.47. The molecule has 22 heavy (non-hydrogen) atoms. The molecule has 1 aromatic carbocycles. The maximum atomic E-state index is 12.4. The van der Waals surface area contributed by atoms with E-state index in [9.17, 15) is 18.0 Å². The second-order valence-corrected chi connectivity index (χ2v) is 7.86. The minimum absolute atomic E-state index is 0.0164. The number of hydrogen-bond acceptors (Lipinski definition) is 4. The van der Waals surface area contributed by atoms with Gasteiger partial charge in [0.1, 0.15) is 0 Å². The number of amides is 1. The molecule has 1 amide bonds. The predicted molar refractivity (Wildman–Crippen MR) is 83.4 cm³/mol. The summed E-state index contributed by atoms with van der Waals surface area (Å²) in [5.74, 6) is -1.44. The number of benzene rings is 1. The summed E-state index contributed by atoms with van der Waals surface area (Å²) in [5, 5.41) is 9.03. The van der Waals surface area contributed by atoms with Crippen molar-refractivity contribution in [1.29, 1.82) is 0 Å². The first-order valence-electron chi connectivity index (χ1n) is 6.46. The topological polar surface area (TPSA) is 104 Å². The third-order valence-electron chi connectivity index (χ3n) is 3.25. The van der Waals surface area contributed by atoms with Crippen molar-refractivity contribution in [3.8, 4) is 0 Å². The number of halogens is 1. The summed E-state index contributed by atoms with van der Waals surface area (Å²) >= 11 is 3.18. The molecule has 120 valence electrons. The number of carboxylic acids is 1. The molecule has 1 fully saturated rings. The van der Waals surface area contributed by atoms with Crippen LogP contribution >= 0.6 is 15.9 Å². The number of carbonyl (C=O) groups is 2. The maximum absolute atomic E-state index is 12.4. The molecule has 0 saturated carbocycles. The Morgan fingerprint density at radius 3 is 2.55 bits per heavy atom. The smallest absolute Gasteiger partial charge is 0.335 e. The van der Waals surface area contributed by atoms with Crippen LogP contribution in [0.15, 0.2) is 22.7 Å². The van der Waals surface area contributed by atoms with Gasteiger partial charge in [-0.1, -0.05) is 15.9 Å². The van der Waals surface area contributed by atoms with Gasteiger partial charge in [0.15, 0.2) is 0 Å². The van der Waals surface area contributed by atoms with Gasteiger partial charge in [-0.15, -0.1) is 0 Å². The molecule has 0 aromatic heterocycles. The van der Waals surface area contributed by atoms with Crippen molar-refractivity contribution >= 4 is 37.8 Å². The largest absolute Gasteiger partial charge is 0.478 e. The summed E-state index contributed by atoms with van der Waals surface area (Å²) in [5.41, 5.74) is 0.273. The Morgan fingerprint density at radius 1 is 1.32 bits per heavy atom. The molecule has 1 aliphatic heterocycles. The number of nitrogens with one attached hydrogen (secondary N) is 1. The van der Waals surface area contributed by atoms with E-state index in [0.717, 1.165) is 6.26 Å². The molecule has 0 aliphatic carbocycles. The van der Waals surface area contributed by atoms with Gasteiger partial charge >= 0.3 is 5.97 Å².